The van der Waals surface area contributed by atoms with Crippen LogP contribution in [-0.4, -0.2) is 81.4 Å². The number of hydrogen-bond acceptors (Lipinski definition) is 5. The quantitative estimate of drug-likeness (QED) is 0.783. The van der Waals surface area contributed by atoms with Crippen molar-refractivity contribution < 1.29 is 13.2 Å². The lowest BCUT2D eigenvalue weighted by atomic mass is 9.92. The predicted molar refractivity (Wildman–Crippen MR) is 86.4 cm³/mol. The van der Waals surface area contributed by atoms with Gasteiger partial charge >= 0.3 is 0 Å². The molecular weight excluding hydrogens is 302 g/mol. The fourth-order valence-electron chi connectivity index (χ4n) is 4.18. The van der Waals surface area contributed by atoms with E-state index in [9.17, 15) is 8.42 Å². The molecule has 2 aliphatic heterocycles. The molecule has 1 spiro atoms. The summed E-state index contributed by atoms with van der Waals surface area (Å²) >= 11 is 0. The molecule has 1 aliphatic carbocycles. The number of hydrogen-bond donors (Lipinski definition) is 1. The van der Waals surface area contributed by atoms with Gasteiger partial charge in [0.25, 0.3) is 0 Å². The summed E-state index contributed by atoms with van der Waals surface area (Å²) in [5.74, 6) is 0. The Balaban J connectivity index is 1.39. The van der Waals surface area contributed by atoms with Crippen LogP contribution in [0.4, 0.5) is 0 Å². The van der Waals surface area contributed by atoms with E-state index in [1.165, 1.54) is 31.9 Å². The molecule has 3 rings (SSSR count). The van der Waals surface area contributed by atoms with Crippen LogP contribution in [0.5, 0.6) is 0 Å². The lowest BCUT2D eigenvalue weighted by Gasteiger charge is -2.34. The Morgan fingerprint density at radius 2 is 1.86 bits per heavy atom. The molecule has 0 aromatic heterocycles. The van der Waals surface area contributed by atoms with E-state index in [1.54, 1.807) is 4.31 Å². The zero-order valence-corrected chi connectivity index (χ0v) is 14.4. The Labute approximate surface area is 134 Å². The normalized spacial score (nSPS) is 30.3. The molecule has 1 saturated carbocycles. The molecule has 0 radical (unpaired) electrons. The lowest BCUT2D eigenvalue weighted by molar-refractivity contribution is -0.00492. The van der Waals surface area contributed by atoms with Gasteiger partial charge in [-0.1, -0.05) is 12.8 Å². The highest BCUT2D eigenvalue weighted by Crippen LogP contribution is 2.40. The van der Waals surface area contributed by atoms with Crippen LogP contribution in [0.15, 0.2) is 0 Å². The van der Waals surface area contributed by atoms with E-state index >= 15 is 0 Å². The van der Waals surface area contributed by atoms with Crippen LogP contribution in [0, 0.1) is 0 Å². The summed E-state index contributed by atoms with van der Waals surface area (Å²) in [5.41, 5.74) is 0.120. The van der Waals surface area contributed by atoms with Crippen LogP contribution in [0.2, 0.25) is 0 Å². The van der Waals surface area contributed by atoms with E-state index in [-0.39, 0.29) is 5.60 Å². The van der Waals surface area contributed by atoms with Crippen molar-refractivity contribution in [2.75, 3.05) is 52.1 Å². The minimum Gasteiger partial charge on any atom is -0.373 e. The summed E-state index contributed by atoms with van der Waals surface area (Å²) in [6.07, 6.45) is 7.43. The van der Waals surface area contributed by atoms with Crippen LogP contribution in [0.1, 0.15) is 32.1 Å². The van der Waals surface area contributed by atoms with Crippen molar-refractivity contribution in [2.45, 2.75) is 43.7 Å². The van der Waals surface area contributed by atoms with Crippen LogP contribution in [-0.2, 0) is 14.8 Å². The number of sulfonamides is 1. The van der Waals surface area contributed by atoms with Gasteiger partial charge in [-0.05, 0) is 19.3 Å². The molecule has 128 valence electrons. The van der Waals surface area contributed by atoms with E-state index in [0.717, 1.165) is 39.2 Å². The fourth-order valence-corrected chi connectivity index (χ4v) is 5.01. The maximum absolute atomic E-state index is 11.5. The van der Waals surface area contributed by atoms with E-state index < -0.39 is 10.0 Å². The van der Waals surface area contributed by atoms with Crippen molar-refractivity contribution in [1.82, 2.24) is 14.5 Å². The first-order chi connectivity index (χ1) is 10.5. The second-order valence-corrected chi connectivity index (χ2v) is 8.90. The summed E-state index contributed by atoms with van der Waals surface area (Å²) in [4.78, 5) is 2.35. The second-order valence-electron chi connectivity index (χ2n) is 6.92. The van der Waals surface area contributed by atoms with E-state index in [1.807, 2.05) is 0 Å². The molecule has 0 aromatic carbocycles. The molecule has 0 bridgehead atoms. The summed E-state index contributed by atoms with van der Waals surface area (Å²) in [6, 6.07) is 0.507. The average Bonchev–Trinajstić information content (AvgIpc) is 3.10. The Bertz CT molecular complexity index is 463. The van der Waals surface area contributed by atoms with E-state index in [2.05, 4.69) is 10.2 Å². The molecule has 1 N–H and O–H groups in total. The molecule has 6 nitrogen and oxygen atoms in total. The van der Waals surface area contributed by atoms with Gasteiger partial charge in [-0.25, -0.2) is 8.42 Å². The molecular formula is C15H29N3O3S. The predicted octanol–water partition coefficient (Wildman–Crippen LogP) is 0.255. The SMILES string of the molecule is CS(=O)(=O)N1CCN(CCN[C@H]2CCOC23CCCC3)CC1. The Kier molecular flexibility index (Phi) is 5.09. The summed E-state index contributed by atoms with van der Waals surface area (Å²) < 4.78 is 30.6. The van der Waals surface area contributed by atoms with Crippen molar-refractivity contribution in [3.05, 3.63) is 0 Å². The Morgan fingerprint density at radius 3 is 2.50 bits per heavy atom. The third-order valence-electron chi connectivity index (χ3n) is 5.50. The molecule has 3 aliphatic rings. The van der Waals surface area contributed by atoms with Crippen molar-refractivity contribution in [2.24, 2.45) is 0 Å². The first kappa shape index (κ1) is 16.6. The largest absolute Gasteiger partial charge is 0.373 e. The smallest absolute Gasteiger partial charge is 0.211 e. The fraction of sp³-hybridized carbons (Fsp3) is 1.00. The molecule has 1 atom stereocenters. The number of rotatable bonds is 5. The summed E-state index contributed by atoms with van der Waals surface area (Å²) in [5, 5.41) is 3.70. The van der Waals surface area contributed by atoms with Gasteiger partial charge < -0.3 is 10.1 Å². The maximum Gasteiger partial charge on any atom is 0.211 e. The Hall–Kier alpha value is -0.210. The minimum absolute atomic E-state index is 0.120. The molecule has 2 heterocycles. The standard InChI is InChI=1S/C15H29N3O3S/c1-22(19,20)18-11-9-17(10-12-18)8-7-16-14-4-13-21-15(14)5-2-3-6-15/h14,16H,2-13H2,1H3/t14-/m0/s1. The molecule has 0 aromatic rings. The van der Waals surface area contributed by atoms with Gasteiger partial charge in [0.05, 0.1) is 11.9 Å². The molecule has 3 fully saturated rings. The van der Waals surface area contributed by atoms with Gasteiger partial charge in [0.2, 0.25) is 10.0 Å². The van der Waals surface area contributed by atoms with Crippen molar-refractivity contribution in [3.8, 4) is 0 Å². The first-order valence-corrected chi connectivity index (χ1v) is 10.4. The molecule has 22 heavy (non-hydrogen) atoms. The topological polar surface area (TPSA) is 61.9 Å². The van der Waals surface area contributed by atoms with Crippen molar-refractivity contribution >= 4 is 10.0 Å². The van der Waals surface area contributed by atoms with Gasteiger partial charge in [0.1, 0.15) is 0 Å². The van der Waals surface area contributed by atoms with Gasteiger partial charge in [-0.2, -0.15) is 4.31 Å². The van der Waals surface area contributed by atoms with Crippen LogP contribution in [0.3, 0.4) is 0 Å². The highest BCUT2D eigenvalue weighted by Gasteiger charge is 2.45. The zero-order chi connectivity index (χ0) is 15.6. The van der Waals surface area contributed by atoms with Crippen molar-refractivity contribution in [1.29, 1.82) is 0 Å². The number of nitrogens with zero attached hydrogens (tertiary/aromatic N) is 2. The Morgan fingerprint density at radius 1 is 1.18 bits per heavy atom. The van der Waals surface area contributed by atoms with Crippen LogP contribution >= 0.6 is 0 Å². The lowest BCUT2D eigenvalue weighted by Crippen LogP contribution is -2.52. The number of piperazine rings is 1. The first-order valence-electron chi connectivity index (χ1n) is 8.54. The monoisotopic (exact) mass is 331 g/mol. The minimum atomic E-state index is -3.02. The molecule has 0 amide bonds. The average molecular weight is 331 g/mol. The highest BCUT2D eigenvalue weighted by atomic mass is 32.2. The van der Waals surface area contributed by atoms with Gasteiger partial charge in [0, 0.05) is 51.9 Å². The third kappa shape index (κ3) is 3.64. The van der Waals surface area contributed by atoms with Crippen molar-refractivity contribution in [3.63, 3.8) is 0 Å². The van der Waals surface area contributed by atoms with Gasteiger partial charge in [-0.3, -0.25) is 4.90 Å². The van der Waals surface area contributed by atoms with E-state index in [4.69, 9.17) is 4.74 Å². The van der Waals surface area contributed by atoms with Crippen LogP contribution < -0.4 is 5.32 Å². The summed E-state index contributed by atoms with van der Waals surface area (Å²) in [6.45, 7) is 5.76. The number of nitrogens with one attached hydrogen (secondary N) is 1. The molecule has 0 unspecified atom stereocenters. The zero-order valence-electron chi connectivity index (χ0n) is 13.6. The van der Waals surface area contributed by atoms with Crippen LogP contribution in [0.25, 0.3) is 0 Å². The molecule has 7 heteroatoms. The number of ether oxygens (including phenoxy) is 1. The maximum atomic E-state index is 11.5. The van der Waals surface area contributed by atoms with Gasteiger partial charge in [0.15, 0.2) is 0 Å². The second kappa shape index (κ2) is 6.73. The highest BCUT2D eigenvalue weighted by molar-refractivity contribution is 7.88. The van der Waals surface area contributed by atoms with Gasteiger partial charge in [-0.15, -0.1) is 0 Å². The summed E-state index contributed by atoms with van der Waals surface area (Å²) in [7, 11) is -3.02. The van der Waals surface area contributed by atoms with E-state index in [0.29, 0.717) is 19.1 Å². The molecule has 2 saturated heterocycles. The third-order valence-corrected chi connectivity index (χ3v) is 6.80.